The Bertz CT molecular complexity index is 1080. The third-order valence-corrected chi connectivity index (χ3v) is 3.65. The predicted molar refractivity (Wildman–Crippen MR) is 87.4 cm³/mol. The van der Waals surface area contributed by atoms with Crippen LogP contribution in [0.25, 0.3) is 22.4 Å². The maximum absolute atomic E-state index is 12.4. The summed E-state index contributed by atoms with van der Waals surface area (Å²) in [5.74, 6) is 0.786. The lowest BCUT2D eigenvalue weighted by Gasteiger charge is -2.01. The molecule has 7 heteroatoms. The topological polar surface area (TPSA) is 86.7 Å². The van der Waals surface area contributed by atoms with Gasteiger partial charge in [-0.05, 0) is 31.2 Å². The molecule has 0 amide bonds. The molecule has 2 aromatic carbocycles. The van der Waals surface area contributed by atoms with Crippen LogP contribution < -0.4 is 5.56 Å². The van der Waals surface area contributed by atoms with Gasteiger partial charge in [-0.25, -0.2) is 4.68 Å². The molecule has 0 aliphatic rings. The molecule has 0 aliphatic heterocycles. The molecule has 24 heavy (non-hydrogen) atoms. The summed E-state index contributed by atoms with van der Waals surface area (Å²) >= 11 is 0. The highest BCUT2D eigenvalue weighted by Crippen LogP contribution is 2.18. The smallest absolute Gasteiger partial charge is 0.278 e. The number of hydrogen-bond donors (Lipinski definition) is 0. The molecule has 4 rings (SSSR count). The fourth-order valence-electron chi connectivity index (χ4n) is 2.47. The Morgan fingerprint density at radius 2 is 2.00 bits per heavy atom. The van der Waals surface area contributed by atoms with Gasteiger partial charge in [0.25, 0.3) is 11.4 Å². The second-order valence-electron chi connectivity index (χ2n) is 5.45. The summed E-state index contributed by atoms with van der Waals surface area (Å²) in [6.07, 6.45) is 0. The number of aryl methyl sites for hydroxylation is 1. The first kappa shape index (κ1) is 14.3. The van der Waals surface area contributed by atoms with E-state index in [2.05, 4.69) is 20.5 Å². The van der Waals surface area contributed by atoms with Crippen molar-refractivity contribution in [1.82, 2.24) is 25.1 Å². The first-order valence-corrected chi connectivity index (χ1v) is 7.43. The van der Waals surface area contributed by atoms with E-state index in [9.17, 15) is 4.79 Å². The van der Waals surface area contributed by atoms with Crippen LogP contribution in [0.5, 0.6) is 0 Å². The average Bonchev–Trinajstić information content (AvgIpc) is 3.06. The molecular weight excluding hydrogens is 306 g/mol. The highest BCUT2D eigenvalue weighted by atomic mass is 16.5. The molecule has 0 unspecified atom stereocenters. The number of nitrogens with zero attached hydrogens (tertiary/aromatic N) is 5. The average molecular weight is 319 g/mol. The van der Waals surface area contributed by atoms with Gasteiger partial charge in [-0.2, -0.15) is 4.98 Å². The molecule has 0 radical (unpaired) electrons. The summed E-state index contributed by atoms with van der Waals surface area (Å²) in [4.78, 5) is 16.8. The SMILES string of the molecule is Cc1cccc(-c2nc(Cn3nnc4ccccc4c3=O)no2)c1. The molecule has 0 aliphatic carbocycles. The molecule has 0 spiro atoms. The Labute approximate surface area is 136 Å². The molecule has 2 aromatic heterocycles. The minimum Gasteiger partial charge on any atom is -0.334 e. The molecule has 0 fully saturated rings. The summed E-state index contributed by atoms with van der Waals surface area (Å²) in [7, 11) is 0. The van der Waals surface area contributed by atoms with Crippen LogP contribution in [-0.2, 0) is 6.54 Å². The largest absolute Gasteiger partial charge is 0.334 e. The lowest BCUT2D eigenvalue weighted by Crippen LogP contribution is -2.25. The zero-order chi connectivity index (χ0) is 16.5. The second kappa shape index (κ2) is 5.69. The van der Waals surface area contributed by atoms with Crippen LogP contribution in [0.1, 0.15) is 11.4 Å². The van der Waals surface area contributed by atoms with Gasteiger partial charge in [-0.15, -0.1) is 5.10 Å². The zero-order valence-electron chi connectivity index (χ0n) is 12.9. The van der Waals surface area contributed by atoms with Gasteiger partial charge in [0.05, 0.1) is 5.39 Å². The van der Waals surface area contributed by atoms with Crippen LogP contribution in [0, 0.1) is 6.92 Å². The van der Waals surface area contributed by atoms with Crippen molar-refractivity contribution >= 4 is 10.9 Å². The van der Waals surface area contributed by atoms with Crippen molar-refractivity contribution in [3.8, 4) is 11.5 Å². The Kier molecular flexibility index (Phi) is 3.38. The van der Waals surface area contributed by atoms with Crippen LogP contribution >= 0.6 is 0 Å². The van der Waals surface area contributed by atoms with Gasteiger partial charge >= 0.3 is 0 Å². The van der Waals surface area contributed by atoms with Gasteiger partial charge in [0.15, 0.2) is 5.82 Å². The maximum Gasteiger partial charge on any atom is 0.278 e. The first-order valence-electron chi connectivity index (χ1n) is 7.43. The lowest BCUT2D eigenvalue weighted by atomic mass is 10.1. The van der Waals surface area contributed by atoms with Gasteiger partial charge in [-0.3, -0.25) is 4.79 Å². The standard InChI is InChI=1S/C17H13N5O2/c1-11-5-4-6-12(9-11)16-18-15(20-24-16)10-22-17(23)13-7-2-3-8-14(13)19-21-22/h2-9H,10H2,1H3. The molecule has 0 bridgehead atoms. The van der Waals surface area contributed by atoms with E-state index < -0.39 is 0 Å². The van der Waals surface area contributed by atoms with Crippen molar-refractivity contribution in [2.75, 3.05) is 0 Å². The predicted octanol–water partition coefficient (Wildman–Crippen LogP) is 2.20. The van der Waals surface area contributed by atoms with Crippen molar-refractivity contribution in [2.45, 2.75) is 13.5 Å². The minimum absolute atomic E-state index is 0.103. The first-order chi connectivity index (χ1) is 11.7. The monoisotopic (exact) mass is 319 g/mol. The van der Waals surface area contributed by atoms with E-state index in [1.165, 1.54) is 4.68 Å². The molecular formula is C17H13N5O2. The van der Waals surface area contributed by atoms with Gasteiger partial charge in [0.2, 0.25) is 0 Å². The lowest BCUT2D eigenvalue weighted by molar-refractivity contribution is 0.417. The molecule has 118 valence electrons. The summed E-state index contributed by atoms with van der Waals surface area (Å²) in [6.45, 7) is 2.09. The Balaban J connectivity index is 1.67. The summed E-state index contributed by atoms with van der Waals surface area (Å²) in [5, 5.41) is 12.4. The number of benzene rings is 2. The molecule has 0 atom stereocenters. The van der Waals surface area contributed by atoms with E-state index in [-0.39, 0.29) is 12.1 Å². The van der Waals surface area contributed by atoms with Gasteiger partial charge < -0.3 is 4.52 Å². The van der Waals surface area contributed by atoms with Crippen LogP contribution in [0.2, 0.25) is 0 Å². The molecule has 0 N–H and O–H groups in total. The maximum atomic E-state index is 12.4. The van der Waals surface area contributed by atoms with E-state index in [4.69, 9.17) is 4.52 Å². The Hall–Kier alpha value is -3.35. The number of rotatable bonds is 3. The molecule has 7 nitrogen and oxygen atoms in total. The van der Waals surface area contributed by atoms with Crippen molar-refractivity contribution < 1.29 is 4.52 Å². The molecule has 0 saturated carbocycles. The van der Waals surface area contributed by atoms with E-state index in [0.717, 1.165) is 11.1 Å². The summed E-state index contributed by atoms with van der Waals surface area (Å²) in [5.41, 5.74) is 2.27. The number of fused-ring (bicyclic) bond motifs is 1. The third-order valence-electron chi connectivity index (χ3n) is 3.65. The van der Waals surface area contributed by atoms with Crippen LogP contribution in [0.15, 0.2) is 57.8 Å². The van der Waals surface area contributed by atoms with Crippen LogP contribution in [0.4, 0.5) is 0 Å². The molecule has 0 saturated heterocycles. The van der Waals surface area contributed by atoms with Gasteiger partial charge in [0.1, 0.15) is 12.1 Å². The van der Waals surface area contributed by atoms with Crippen LogP contribution in [0.3, 0.4) is 0 Å². The molecule has 4 aromatic rings. The van der Waals surface area contributed by atoms with E-state index in [0.29, 0.717) is 22.6 Å². The molecule has 2 heterocycles. The van der Waals surface area contributed by atoms with E-state index in [1.807, 2.05) is 37.3 Å². The summed E-state index contributed by atoms with van der Waals surface area (Å²) < 4.78 is 6.51. The number of aromatic nitrogens is 5. The fraction of sp³-hybridized carbons (Fsp3) is 0.118. The second-order valence-corrected chi connectivity index (χ2v) is 5.45. The Morgan fingerprint density at radius 1 is 1.12 bits per heavy atom. The quantitative estimate of drug-likeness (QED) is 0.575. The normalized spacial score (nSPS) is 11.0. The Morgan fingerprint density at radius 3 is 2.88 bits per heavy atom. The highest BCUT2D eigenvalue weighted by Gasteiger charge is 2.12. The van der Waals surface area contributed by atoms with Crippen molar-refractivity contribution in [3.05, 3.63) is 70.3 Å². The van der Waals surface area contributed by atoms with E-state index >= 15 is 0 Å². The summed E-state index contributed by atoms with van der Waals surface area (Å²) in [6, 6.07) is 14.8. The van der Waals surface area contributed by atoms with Crippen LogP contribution in [-0.4, -0.2) is 25.1 Å². The highest BCUT2D eigenvalue weighted by molar-refractivity contribution is 5.76. The van der Waals surface area contributed by atoms with Gasteiger partial charge in [-0.1, -0.05) is 40.2 Å². The third kappa shape index (κ3) is 2.56. The minimum atomic E-state index is -0.234. The zero-order valence-corrected chi connectivity index (χ0v) is 12.9. The van der Waals surface area contributed by atoms with Crippen molar-refractivity contribution in [2.24, 2.45) is 0 Å². The fourth-order valence-corrected chi connectivity index (χ4v) is 2.47. The van der Waals surface area contributed by atoms with E-state index in [1.54, 1.807) is 18.2 Å². The van der Waals surface area contributed by atoms with Crippen molar-refractivity contribution in [3.63, 3.8) is 0 Å². The number of hydrogen-bond acceptors (Lipinski definition) is 6. The van der Waals surface area contributed by atoms with Gasteiger partial charge in [0, 0.05) is 5.56 Å². The van der Waals surface area contributed by atoms with Crippen molar-refractivity contribution in [1.29, 1.82) is 0 Å².